The Morgan fingerprint density at radius 2 is 2.03 bits per heavy atom. The minimum atomic E-state index is -4.01. The topological polar surface area (TPSA) is 82.6 Å². The van der Waals surface area contributed by atoms with Gasteiger partial charge in [0.15, 0.2) is 0 Å². The highest BCUT2D eigenvalue weighted by atomic mass is 32.2. The van der Waals surface area contributed by atoms with Crippen molar-refractivity contribution < 1.29 is 17.6 Å². The number of fused-ring (bicyclic) bond motifs is 1. The molecule has 2 aromatic carbocycles. The number of para-hydroxylation sites is 1. The van der Waals surface area contributed by atoms with E-state index in [-0.39, 0.29) is 18.0 Å². The summed E-state index contributed by atoms with van der Waals surface area (Å²) in [4.78, 5) is 19.0. The number of hydrogen-bond acceptors (Lipinski definition) is 6. The average molecular weight is 449 g/mol. The quantitative estimate of drug-likeness (QED) is 0.646. The van der Waals surface area contributed by atoms with Crippen LogP contribution in [0, 0.1) is 5.82 Å². The molecule has 158 valence electrons. The first-order valence-electron chi connectivity index (χ1n) is 9.44. The van der Waals surface area contributed by atoms with Crippen molar-refractivity contribution in [3.05, 3.63) is 59.4 Å². The number of rotatable bonds is 5. The van der Waals surface area contributed by atoms with Gasteiger partial charge in [-0.3, -0.25) is 9.69 Å². The molecule has 3 aromatic rings. The highest BCUT2D eigenvalue weighted by Crippen LogP contribution is 2.26. The van der Waals surface area contributed by atoms with Crippen molar-refractivity contribution in [2.45, 2.75) is 17.5 Å². The monoisotopic (exact) mass is 448 g/mol. The lowest BCUT2D eigenvalue weighted by Gasteiger charge is -2.39. The van der Waals surface area contributed by atoms with Gasteiger partial charge in [0.05, 0.1) is 21.7 Å². The van der Waals surface area contributed by atoms with E-state index in [4.69, 9.17) is 0 Å². The molecule has 1 fully saturated rings. The maximum absolute atomic E-state index is 13.6. The van der Waals surface area contributed by atoms with Crippen LogP contribution in [0.15, 0.2) is 53.4 Å². The van der Waals surface area contributed by atoms with E-state index in [1.165, 1.54) is 25.2 Å². The number of hydrogen-bond donors (Lipinski definition) is 1. The van der Waals surface area contributed by atoms with Crippen molar-refractivity contribution in [1.82, 2.24) is 19.5 Å². The first-order valence-corrected chi connectivity index (χ1v) is 11.7. The van der Waals surface area contributed by atoms with Gasteiger partial charge in [-0.05, 0) is 30.3 Å². The molecule has 1 aliphatic rings. The van der Waals surface area contributed by atoms with Gasteiger partial charge in [0.1, 0.15) is 16.9 Å². The van der Waals surface area contributed by atoms with Crippen LogP contribution in [0.1, 0.15) is 5.01 Å². The van der Waals surface area contributed by atoms with E-state index in [0.717, 1.165) is 25.6 Å². The molecule has 30 heavy (non-hydrogen) atoms. The number of halogens is 1. The Hall–Kier alpha value is -2.40. The fraction of sp³-hybridized carbons (Fsp3) is 0.300. The molecule has 1 aromatic heterocycles. The van der Waals surface area contributed by atoms with Crippen LogP contribution >= 0.6 is 11.3 Å². The second kappa shape index (κ2) is 8.38. The van der Waals surface area contributed by atoms with Gasteiger partial charge in [-0.25, -0.2) is 17.8 Å². The molecule has 0 bridgehead atoms. The average Bonchev–Trinajstić information content (AvgIpc) is 3.15. The van der Waals surface area contributed by atoms with Crippen LogP contribution < -0.4 is 5.32 Å². The van der Waals surface area contributed by atoms with Crippen molar-refractivity contribution >= 4 is 37.5 Å². The number of piperazine rings is 1. The Balaban J connectivity index is 1.57. The molecule has 1 unspecified atom stereocenters. The maximum atomic E-state index is 13.6. The van der Waals surface area contributed by atoms with Crippen molar-refractivity contribution in [1.29, 1.82) is 0 Å². The lowest BCUT2D eigenvalue weighted by molar-refractivity contribution is -0.126. The van der Waals surface area contributed by atoms with Crippen molar-refractivity contribution in [3.63, 3.8) is 0 Å². The van der Waals surface area contributed by atoms with E-state index in [1.807, 2.05) is 29.2 Å². The van der Waals surface area contributed by atoms with E-state index in [9.17, 15) is 17.6 Å². The van der Waals surface area contributed by atoms with Crippen molar-refractivity contribution in [2.24, 2.45) is 0 Å². The summed E-state index contributed by atoms with van der Waals surface area (Å²) in [5.41, 5.74) is 0.924. The maximum Gasteiger partial charge on any atom is 0.243 e. The number of thiazole rings is 1. The van der Waals surface area contributed by atoms with Crippen molar-refractivity contribution in [2.75, 3.05) is 26.7 Å². The second-order valence-corrected chi connectivity index (χ2v) is 10.0. The molecule has 10 heteroatoms. The van der Waals surface area contributed by atoms with Crippen LogP contribution in [0.4, 0.5) is 4.39 Å². The molecule has 2 heterocycles. The van der Waals surface area contributed by atoms with Gasteiger partial charge >= 0.3 is 0 Å². The Morgan fingerprint density at radius 1 is 1.23 bits per heavy atom. The molecule has 4 rings (SSSR count). The number of nitrogens with zero attached hydrogens (tertiary/aromatic N) is 3. The van der Waals surface area contributed by atoms with E-state index < -0.39 is 27.8 Å². The summed E-state index contributed by atoms with van der Waals surface area (Å²) in [6.45, 7) is 1.32. The van der Waals surface area contributed by atoms with E-state index in [0.29, 0.717) is 13.1 Å². The van der Waals surface area contributed by atoms with Gasteiger partial charge in [-0.2, -0.15) is 4.31 Å². The zero-order valence-corrected chi connectivity index (χ0v) is 17.9. The number of likely N-dealkylation sites (N-methyl/N-ethyl adjacent to an activating group) is 1. The predicted octanol–water partition coefficient (Wildman–Crippen LogP) is 2.06. The lowest BCUT2D eigenvalue weighted by atomic mass is 10.2. The summed E-state index contributed by atoms with van der Waals surface area (Å²) in [6, 6.07) is 11.8. The molecule has 1 saturated heterocycles. The van der Waals surface area contributed by atoms with Crippen molar-refractivity contribution in [3.8, 4) is 0 Å². The molecular weight excluding hydrogens is 427 g/mol. The largest absolute Gasteiger partial charge is 0.358 e. The molecule has 0 radical (unpaired) electrons. The Kier molecular flexibility index (Phi) is 5.83. The number of nitrogens with one attached hydrogen (secondary N) is 1. The van der Waals surface area contributed by atoms with E-state index in [2.05, 4.69) is 10.3 Å². The standard InChI is InChI=1S/C20H21FN4O3S2/c1-22-20(26)17-12-24(13-19-23-16-7-2-3-8-18(16)29-19)9-10-25(17)30(27,28)15-6-4-5-14(21)11-15/h2-8,11,17H,9-10,12-13H2,1H3,(H,22,26). The van der Waals surface area contributed by atoms with Gasteiger partial charge in [0.2, 0.25) is 15.9 Å². The summed E-state index contributed by atoms with van der Waals surface area (Å²) >= 11 is 1.58. The van der Waals surface area contributed by atoms with Gasteiger partial charge in [0, 0.05) is 26.7 Å². The fourth-order valence-electron chi connectivity index (χ4n) is 3.58. The molecule has 0 saturated carbocycles. The Bertz CT molecular complexity index is 1150. The first-order chi connectivity index (χ1) is 14.4. The predicted molar refractivity (Wildman–Crippen MR) is 113 cm³/mol. The highest BCUT2D eigenvalue weighted by Gasteiger charge is 2.40. The van der Waals surface area contributed by atoms with Crippen LogP contribution in [0.3, 0.4) is 0 Å². The molecule has 7 nitrogen and oxygen atoms in total. The number of aromatic nitrogens is 1. The summed E-state index contributed by atoms with van der Waals surface area (Å²) in [5.74, 6) is -1.04. The van der Waals surface area contributed by atoms with Crippen LogP contribution in [0.2, 0.25) is 0 Å². The third kappa shape index (κ3) is 4.08. The Labute approximate surface area is 178 Å². The molecular formula is C20H21FN4O3S2. The number of carbonyl (C=O) groups excluding carboxylic acids is 1. The van der Waals surface area contributed by atoms with Crippen LogP contribution in [0.25, 0.3) is 10.2 Å². The molecule has 0 aliphatic carbocycles. The molecule has 0 spiro atoms. The summed E-state index contributed by atoms with van der Waals surface area (Å²) in [7, 11) is -2.54. The second-order valence-electron chi connectivity index (χ2n) is 7.01. The van der Waals surface area contributed by atoms with E-state index >= 15 is 0 Å². The molecule has 1 aliphatic heterocycles. The number of amides is 1. The summed E-state index contributed by atoms with van der Waals surface area (Å²) in [6.07, 6.45) is 0. The zero-order chi connectivity index (χ0) is 21.3. The molecule has 1 amide bonds. The Morgan fingerprint density at radius 3 is 2.77 bits per heavy atom. The van der Waals surface area contributed by atoms with Crippen LogP contribution in [0.5, 0.6) is 0 Å². The smallest absolute Gasteiger partial charge is 0.243 e. The first kappa shape index (κ1) is 20.9. The van der Waals surface area contributed by atoms with E-state index in [1.54, 1.807) is 11.3 Å². The van der Waals surface area contributed by atoms with Gasteiger partial charge in [-0.15, -0.1) is 11.3 Å². The van der Waals surface area contributed by atoms with Crippen LogP contribution in [-0.2, 0) is 21.4 Å². The van der Waals surface area contributed by atoms with Gasteiger partial charge < -0.3 is 5.32 Å². The highest BCUT2D eigenvalue weighted by molar-refractivity contribution is 7.89. The lowest BCUT2D eigenvalue weighted by Crippen LogP contribution is -2.59. The zero-order valence-electron chi connectivity index (χ0n) is 16.3. The fourth-order valence-corrected chi connectivity index (χ4v) is 6.19. The minimum Gasteiger partial charge on any atom is -0.358 e. The number of carbonyl (C=O) groups is 1. The third-order valence-corrected chi connectivity index (χ3v) is 7.99. The molecule has 1 N–H and O–H groups in total. The van der Waals surface area contributed by atoms with Crippen LogP contribution in [-0.4, -0.2) is 61.2 Å². The number of benzene rings is 2. The molecule has 1 atom stereocenters. The van der Waals surface area contributed by atoms with Gasteiger partial charge in [0.25, 0.3) is 0 Å². The minimum absolute atomic E-state index is 0.127. The van der Waals surface area contributed by atoms with Gasteiger partial charge in [-0.1, -0.05) is 18.2 Å². The SMILES string of the molecule is CNC(=O)C1CN(Cc2nc3ccccc3s2)CCN1S(=O)(=O)c1cccc(F)c1. The summed E-state index contributed by atoms with van der Waals surface area (Å²) in [5, 5.41) is 3.46. The normalized spacial score (nSPS) is 18.5. The number of sulfonamides is 1. The third-order valence-electron chi connectivity index (χ3n) is 5.06. The summed E-state index contributed by atoms with van der Waals surface area (Å²) < 4.78 is 42.1.